The van der Waals surface area contributed by atoms with Crippen molar-refractivity contribution in [2.45, 2.75) is 6.18 Å². The maximum atomic E-state index is 13.0. The average Bonchev–Trinajstić information content (AvgIpc) is 2.79. The summed E-state index contributed by atoms with van der Waals surface area (Å²) in [6.45, 7) is 3.09. The first-order chi connectivity index (χ1) is 15.2. The molecule has 0 aromatic heterocycles. The van der Waals surface area contributed by atoms with Gasteiger partial charge in [0.15, 0.2) is 11.5 Å². The first-order valence-corrected chi connectivity index (χ1v) is 10.3. The maximum Gasteiger partial charge on any atom is 0.417 e. The van der Waals surface area contributed by atoms with E-state index in [1.54, 1.807) is 23.1 Å². The van der Waals surface area contributed by atoms with Crippen LogP contribution in [0.1, 0.15) is 15.9 Å². The van der Waals surface area contributed by atoms with E-state index in [0.717, 1.165) is 6.07 Å². The third-order valence-electron chi connectivity index (χ3n) is 5.21. The maximum absolute atomic E-state index is 13.0. The number of methoxy groups -OCH3 is 2. The van der Waals surface area contributed by atoms with E-state index in [-0.39, 0.29) is 23.3 Å². The Kier molecular flexibility index (Phi) is 7.73. The molecule has 2 aromatic carbocycles. The molecule has 1 saturated heterocycles. The lowest BCUT2D eigenvalue weighted by Crippen LogP contribution is -2.49. The highest BCUT2D eigenvalue weighted by Crippen LogP contribution is 2.36. The highest BCUT2D eigenvalue weighted by Gasteiger charge is 2.33. The van der Waals surface area contributed by atoms with E-state index in [4.69, 9.17) is 25.8 Å². The molecule has 1 fully saturated rings. The number of rotatable bonds is 7. The van der Waals surface area contributed by atoms with Crippen molar-refractivity contribution in [1.82, 2.24) is 9.80 Å². The van der Waals surface area contributed by atoms with Gasteiger partial charge >= 0.3 is 6.18 Å². The SMILES string of the molecule is COc1ccc(C(=O)N2CCN(CCOc3ccc(Cl)c(C(F)(F)F)c3)CC2)cc1OC. The normalized spacial score (nSPS) is 14.9. The molecule has 174 valence electrons. The van der Waals surface area contributed by atoms with Crippen LogP contribution in [0.15, 0.2) is 36.4 Å². The van der Waals surface area contributed by atoms with E-state index in [1.165, 1.54) is 26.4 Å². The van der Waals surface area contributed by atoms with Crippen LogP contribution in [-0.2, 0) is 6.18 Å². The standard InChI is InChI=1S/C22H24ClF3N2O4/c1-30-19-6-3-15(13-20(19)31-2)21(29)28-9-7-27(8-10-28)11-12-32-16-4-5-18(23)17(14-16)22(24,25)26/h3-6,13-14H,7-12H2,1-2H3. The Morgan fingerprint density at radius 3 is 2.31 bits per heavy atom. The highest BCUT2D eigenvalue weighted by molar-refractivity contribution is 6.31. The molecule has 3 rings (SSSR count). The van der Waals surface area contributed by atoms with Crippen molar-refractivity contribution in [3.05, 3.63) is 52.5 Å². The molecule has 1 amide bonds. The van der Waals surface area contributed by atoms with Gasteiger partial charge in [0.05, 0.1) is 24.8 Å². The predicted molar refractivity (Wildman–Crippen MR) is 114 cm³/mol. The molecule has 0 unspecified atom stereocenters. The van der Waals surface area contributed by atoms with E-state index in [9.17, 15) is 18.0 Å². The Morgan fingerprint density at radius 2 is 1.69 bits per heavy atom. The highest BCUT2D eigenvalue weighted by atomic mass is 35.5. The van der Waals surface area contributed by atoms with Crippen LogP contribution in [0.4, 0.5) is 13.2 Å². The van der Waals surface area contributed by atoms with Gasteiger partial charge in [0, 0.05) is 38.3 Å². The molecule has 0 spiro atoms. The third-order valence-corrected chi connectivity index (χ3v) is 5.54. The summed E-state index contributed by atoms with van der Waals surface area (Å²) in [6.07, 6.45) is -4.53. The number of benzene rings is 2. The molecular formula is C22H24ClF3N2O4. The minimum absolute atomic E-state index is 0.0947. The van der Waals surface area contributed by atoms with Gasteiger partial charge < -0.3 is 19.1 Å². The van der Waals surface area contributed by atoms with Gasteiger partial charge in [-0.1, -0.05) is 11.6 Å². The zero-order chi connectivity index (χ0) is 23.3. The van der Waals surface area contributed by atoms with E-state index < -0.39 is 11.7 Å². The number of carbonyl (C=O) groups is 1. The molecular weight excluding hydrogens is 449 g/mol. The Bertz CT molecular complexity index is 947. The summed E-state index contributed by atoms with van der Waals surface area (Å²) in [7, 11) is 3.05. The van der Waals surface area contributed by atoms with Crippen molar-refractivity contribution in [2.75, 3.05) is 53.6 Å². The third kappa shape index (κ3) is 5.77. The first-order valence-electron chi connectivity index (χ1n) is 9.96. The average molecular weight is 473 g/mol. The van der Waals surface area contributed by atoms with Crippen molar-refractivity contribution in [1.29, 1.82) is 0 Å². The van der Waals surface area contributed by atoms with Crippen LogP contribution in [0.2, 0.25) is 5.02 Å². The van der Waals surface area contributed by atoms with E-state index in [0.29, 0.717) is 49.8 Å². The van der Waals surface area contributed by atoms with Crippen molar-refractivity contribution >= 4 is 17.5 Å². The molecule has 0 aliphatic carbocycles. The van der Waals surface area contributed by atoms with Crippen molar-refractivity contribution in [2.24, 2.45) is 0 Å². The summed E-state index contributed by atoms with van der Waals surface area (Å²) < 4.78 is 54.8. The first kappa shape index (κ1) is 24.0. The van der Waals surface area contributed by atoms with Gasteiger partial charge in [0.1, 0.15) is 12.4 Å². The van der Waals surface area contributed by atoms with Crippen molar-refractivity contribution in [3.63, 3.8) is 0 Å². The number of amides is 1. The quantitative estimate of drug-likeness (QED) is 0.604. The fourth-order valence-electron chi connectivity index (χ4n) is 3.43. The summed E-state index contributed by atoms with van der Waals surface area (Å²) >= 11 is 5.62. The summed E-state index contributed by atoms with van der Waals surface area (Å²) in [6, 6.07) is 8.55. The van der Waals surface area contributed by atoms with Gasteiger partial charge in [-0.25, -0.2) is 0 Å². The number of halogens is 4. The van der Waals surface area contributed by atoms with Crippen LogP contribution in [0.3, 0.4) is 0 Å². The molecule has 1 aliphatic heterocycles. The molecule has 2 aromatic rings. The van der Waals surface area contributed by atoms with Crippen LogP contribution in [0, 0.1) is 0 Å². The second-order valence-electron chi connectivity index (χ2n) is 7.19. The molecule has 10 heteroatoms. The van der Waals surface area contributed by atoms with Crippen LogP contribution in [0.25, 0.3) is 0 Å². The fraction of sp³-hybridized carbons (Fsp3) is 0.409. The zero-order valence-corrected chi connectivity index (χ0v) is 18.5. The van der Waals surface area contributed by atoms with Crippen LogP contribution in [0.5, 0.6) is 17.2 Å². The lowest BCUT2D eigenvalue weighted by molar-refractivity contribution is -0.137. The summed E-state index contributed by atoms with van der Waals surface area (Å²) in [4.78, 5) is 16.7. The second kappa shape index (κ2) is 10.3. The molecule has 1 aliphatic rings. The van der Waals surface area contributed by atoms with Crippen LogP contribution in [-0.4, -0.2) is 69.3 Å². The van der Waals surface area contributed by atoms with Crippen LogP contribution >= 0.6 is 11.6 Å². The summed E-state index contributed by atoms with van der Waals surface area (Å²) in [5.74, 6) is 1.06. The van der Waals surface area contributed by atoms with E-state index >= 15 is 0 Å². The number of nitrogens with zero attached hydrogens (tertiary/aromatic N) is 2. The minimum Gasteiger partial charge on any atom is -0.493 e. The molecule has 6 nitrogen and oxygen atoms in total. The van der Waals surface area contributed by atoms with Gasteiger partial charge in [-0.3, -0.25) is 9.69 Å². The van der Waals surface area contributed by atoms with E-state index in [1.807, 2.05) is 0 Å². The molecule has 0 radical (unpaired) electrons. The number of hydrogen-bond acceptors (Lipinski definition) is 5. The van der Waals surface area contributed by atoms with Gasteiger partial charge in [-0.15, -0.1) is 0 Å². The molecule has 1 heterocycles. The Labute approximate surface area is 189 Å². The number of piperazine rings is 1. The zero-order valence-electron chi connectivity index (χ0n) is 17.7. The smallest absolute Gasteiger partial charge is 0.417 e. The Balaban J connectivity index is 1.49. The number of alkyl halides is 3. The molecule has 0 bridgehead atoms. The number of carbonyl (C=O) groups excluding carboxylic acids is 1. The second-order valence-corrected chi connectivity index (χ2v) is 7.60. The molecule has 32 heavy (non-hydrogen) atoms. The molecule has 0 saturated carbocycles. The monoisotopic (exact) mass is 472 g/mol. The minimum atomic E-state index is -4.53. The lowest BCUT2D eigenvalue weighted by atomic mass is 10.1. The van der Waals surface area contributed by atoms with Gasteiger partial charge in [-0.2, -0.15) is 13.2 Å². The molecule has 0 N–H and O–H groups in total. The Morgan fingerprint density at radius 1 is 1.00 bits per heavy atom. The molecule has 0 atom stereocenters. The van der Waals surface area contributed by atoms with Gasteiger partial charge in [-0.05, 0) is 36.4 Å². The lowest BCUT2D eigenvalue weighted by Gasteiger charge is -2.34. The Hall–Kier alpha value is -2.65. The van der Waals surface area contributed by atoms with Gasteiger partial charge in [0.2, 0.25) is 0 Å². The predicted octanol–water partition coefficient (Wildman–Crippen LogP) is 4.21. The summed E-state index contributed by atoms with van der Waals surface area (Å²) in [5.41, 5.74) is -0.401. The topological polar surface area (TPSA) is 51.2 Å². The number of hydrogen-bond donors (Lipinski definition) is 0. The largest absolute Gasteiger partial charge is 0.493 e. The van der Waals surface area contributed by atoms with E-state index in [2.05, 4.69) is 4.90 Å². The van der Waals surface area contributed by atoms with Crippen molar-refractivity contribution < 1.29 is 32.2 Å². The van der Waals surface area contributed by atoms with Crippen LogP contribution < -0.4 is 14.2 Å². The van der Waals surface area contributed by atoms with Crippen molar-refractivity contribution in [3.8, 4) is 17.2 Å². The summed E-state index contributed by atoms with van der Waals surface area (Å²) in [5, 5.41) is -0.361. The number of ether oxygens (including phenoxy) is 3. The van der Waals surface area contributed by atoms with Gasteiger partial charge in [0.25, 0.3) is 5.91 Å². The fourth-order valence-corrected chi connectivity index (χ4v) is 3.66.